The number of hydrogen-bond acceptors (Lipinski definition) is 5. The second-order valence-corrected chi connectivity index (χ2v) is 6.86. The predicted octanol–water partition coefficient (Wildman–Crippen LogP) is 2.25. The molecule has 0 saturated carbocycles. The van der Waals surface area contributed by atoms with Crippen LogP contribution in [0, 0.1) is 0 Å². The molecule has 0 spiro atoms. The summed E-state index contributed by atoms with van der Waals surface area (Å²) < 4.78 is 5.56. The Morgan fingerprint density at radius 1 is 1.57 bits per heavy atom. The zero-order valence-corrected chi connectivity index (χ0v) is 13.4. The molecule has 21 heavy (non-hydrogen) atoms. The van der Waals surface area contributed by atoms with Crippen molar-refractivity contribution < 1.29 is 14.3 Å². The van der Waals surface area contributed by atoms with Gasteiger partial charge in [0.1, 0.15) is 0 Å². The molecule has 1 atom stereocenters. The van der Waals surface area contributed by atoms with E-state index in [4.69, 9.17) is 4.74 Å². The molecule has 0 bridgehead atoms. The molecule has 1 fully saturated rings. The molecular weight excluding hydrogens is 288 g/mol. The number of pyridine rings is 1. The van der Waals surface area contributed by atoms with Crippen LogP contribution in [0.2, 0.25) is 0 Å². The first-order chi connectivity index (χ1) is 9.94. The minimum Gasteiger partial charge on any atom is -0.475 e. The first kappa shape index (κ1) is 15.8. The molecule has 1 saturated heterocycles. The lowest BCUT2D eigenvalue weighted by atomic mass is 10.2. The van der Waals surface area contributed by atoms with Crippen molar-refractivity contribution >= 4 is 22.8 Å². The van der Waals surface area contributed by atoms with Gasteiger partial charge in [-0.2, -0.15) is 0 Å². The third-order valence-electron chi connectivity index (χ3n) is 3.04. The van der Waals surface area contributed by atoms with Crippen molar-refractivity contribution in [1.82, 2.24) is 9.88 Å². The maximum Gasteiger partial charge on any atom is 0.224 e. The Hall–Kier alpha value is -1.56. The van der Waals surface area contributed by atoms with Crippen LogP contribution in [0.1, 0.15) is 32.8 Å². The second-order valence-electron chi connectivity index (χ2n) is 5.38. The van der Waals surface area contributed by atoms with Gasteiger partial charge in [-0.1, -0.05) is 11.8 Å². The van der Waals surface area contributed by atoms with Gasteiger partial charge in [0.15, 0.2) is 5.12 Å². The number of nitrogens with zero attached hydrogens (tertiary/aromatic N) is 2. The maximum atomic E-state index is 12.0. The van der Waals surface area contributed by atoms with Crippen LogP contribution in [0.3, 0.4) is 0 Å². The summed E-state index contributed by atoms with van der Waals surface area (Å²) in [5.74, 6) is 0.667. The number of thioether (sulfide) groups is 1. The zero-order valence-electron chi connectivity index (χ0n) is 12.5. The standard InChI is InChI=1S/C15H20N2O3S/c1-10(2)20-14-6-12(4-5-16-14)8-17-9-13(7-15(17)19)21-11(3)18/h4-6,10,13H,7-9H2,1-3H3. The summed E-state index contributed by atoms with van der Waals surface area (Å²) in [6.45, 7) is 6.58. The quantitative estimate of drug-likeness (QED) is 0.835. The van der Waals surface area contributed by atoms with E-state index < -0.39 is 0 Å². The number of ether oxygens (including phenoxy) is 1. The molecule has 2 heterocycles. The van der Waals surface area contributed by atoms with E-state index in [0.29, 0.717) is 25.4 Å². The zero-order chi connectivity index (χ0) is 15.4. The Labute approximate surface area is 129 Å². The molecule has 1 aliphatic rings. The first-order valence-electron chi connectivity index (χ1n) is 7.00. The molecule has 0 radical (unpaired) electrons. The van der Waals surface area contributed by atoms with Crippen molar-refractivity contribution in [2.24, 2.45) is 0 Å². The van der Waals surface area contributed by atoms with Gasteiger partial charge in [-0.15, -0.1) is 0 Å². The van der Waals surface area contributed by atoms with Gasteiger partial charge in [-0.25, -0.2) is 4.98 Å². The molecule has 1 aliphatic heterocycles. The van der Waals surface area contributed by atoms with E-state index in [1.165, 1.54) is 18.7 Å². The Balaban J connectivity index is 1.98. The minimum atomic E-state index is 0.0613. The van der Waals surface area contributed by atoms with Gasteiger partial charge in [0.2, 0.25) is 11.8 Å². The van der Waals surface area contributed by atoms with Gasteiger partial charge >= 0.3 is 0 Å². The van der Waals surface area contributed by atoms with Crippen molar-refractivity contribution in [3.05, 3.63) is 23.9 Å². The van der Waals surface area contributed by atoms with E-state index in [1.807, 2.05) is 26.0 Å². The molecule has 1 aromatic rings. The summed E-state index contributed by atoms with van der Waals surface area (Å²) in [6, 6.07) is 3.74. The highest BCUT2D eigenvalue weighted by Crippen LogP contribution is 2.25. The van der Waals surface area contributed by atoms with Crippen LogP contribution in [0.5, 0.6) is 5.88 Å². The SMILES string of the molecule is CC(=O)SC1CC(=O)N(Cc2ccnc(OC(C)C)c2)C1. The molecule has 6 heteroatoms. The van der Waals surface area contributed by atoms with Gasteiger partial charge in [-0.05, 0) is 25.5 Å². The van der Waals surface area contributed by atoms with Crippen LogP contribution >= 0.6 is 11.8 Å². The molecule has 2 rings (SSSR count). The van der Waals surface area contributed by atoms with Crippen LogP contribution < -0.4 is 4.74 Å². The van der Waals surface area contributed by atoms with Crippen LogP contribution in [-0.2, 0) is 16.1 Å². The Kier molecular flexibility index (Phi) is 5.22. The number of carbonyl (C=O) groups excluding carboxylic acids is 2. The number of aromatic nitrogens is 1. The number of amides is 1. The van der Waals surface area contributed by atoms with Crippen LogP contribution in [-0.4, -0.2) is 38.8 Å². The number of carbonyl (C=O) groups is 2. The summed E-state index contributed by atoms with van der Waals surface area (Å²) in [6.07, 6.45) is 2.19. The fourth-order valence-electron chi connectivity index (χ4n) is 2.28. The Bertz CT molecular complexity index is 533. The summed E-state index contributed by atoms with van der Waals surface area (Å²) in [5, 5.41) is 0.134. The highest BCUT2D eigenvalue weighted by molar-refractivity contribution is 8.14. The topological polar surface area (TPSA) is 59.5 Å². The van der Waals surface area contributed by atoms with Crippen molar-refractivity contribution in [3.63, 3.8) is 0 Å². The molecular formula is C15H20N2O3S. The van der Waals surface area contributed by atoms with Gasteiger partial charge in [0.05, 0.1) is 6.10 Å². The molecule has 0 N–H and O–H groups in total. The van der Waals surface area contributed by atoms with E-state index in [-0.39, 0.29) is 22.4 Å². The smallest absolute Gasteiger partial charge is 0.224 e. The molecule has 114 valence electrons. The fourth-order valence-corrected chi connectivity index (χ4v) is 3.23. The average Bonchev–Trinajstić information content (AvgIpc) is 2.68. The van der Waals surface area contributed by atoms with Crippen molar-refractivity contribution in [2.45, 2.75) is 45.1 Å². The van der Waals surface area contributed by atoms with Gasteiger partial charge in [-0.3, -0.25) is 9.59 Å². The highest BCUT2D eigenvalue weighted by atomic mass is 32.2. The van der Waals surface area contributed by atoms with Crippen LogP contribution in [0.25, 0.3) is 0 Å². The highest BCUT2D eigenvalue weighted by Gasteiger charge is 2.30. The van der Waals surface area contributed by atoms with E-state index in [9.17, 15) is 9.59 Å². The van der Waals surface area contributed by atoms with E-state index in [0.717, 1.165) is 5.56 Å². The van der Waals surface area contributed by atoms with Gasteiger partial charge in [0, 0.05) is 43.9 Å². The van der Waals surface area contributed by atoms with Crippen molar-refractivity contribution in [2.75, 3.05) is 6.54 Å². The average molecular weight is 308 g/mol. The fraction of sp³-hybridized carbons (Fsp3) is 0.533. The number of hydrogen-bond donors (Lipinski definition) is 0. The van der Waals surface area contributed by atoms with E-state index in [1.54, 1.807) is 11.1 Å². The summed E-state index contributed by atoms with van der Waals surface area (Å²) in [5.41, 5.74) is 0.988. The lowest BCUT2D eigenvalue weighted by molar-refractivity contribution is -0.128. The lowest BCUT2D eigenvalue weighted by Crippen LogP contribution is -2.25. The van der Waals surface area contributed by atoms with Crippen molar-refractivity contribution in [3.8, 4) is 5.88 Å². The Morgan fingerprint density at radius 2 is 2.33 bits per heavy atom. The molecule has 5 nitrogen and oxygen atoms in total. The second kappa shape index (κ2) is 6.93. The van der Waals surface area contributed by atoms with Gasteiger partial charge < -0.3 is 9.64 Å². The Morgan fingerprint density at radius 3 is 3.00 bits per heavy atom. The molecule has 0 aromatic carbocycles. The van der Waals surface area contributed by atoms with Crippen LogP contribution in [0.15, 0.2) is 18.3 Å². The van der Waals surface area contributed by atoms with Gasteiger partial charge in [0.25, 0.3) is 0 Å². The van der Waals surface area contributed by atoms with Crippen molar-refractivity contribution in [1.29, 1.82) is 0 Å². The largest absolute Gasteiger partial charge is 0.475 e. The molecule has 0 aliphatic carbocycles. The third-order valence-corrected chi connectivity index (χ3v) is 4.02. The molecule has 1 unspecified atom stereocenters. The lowest BCUT2D eigenvalue weighted by Gasteiger charge is -2.17. The third kappa shape index (κ3) is 4.74. The molecule has 1 amide bonds. The summed E-state index contributed by atoms with van der Waals surface area (Å²) >= 11 is 1.25. The van der Waals surface area contributed by atoms with E-state index in [2.05, 4.69) is 4.98 Å². The number of rotatable bonds is 5. The minimum absolute atomic E-state index is 0.0613. The number of likely N-dealkylation sites (tertiary alicyclic amines) is 1. The summed E-state index contributed by atoms with van der Waals surface area (Å²) in [7, 11) is 0. The van der Waals surface area contributed by atoms with Crippen LogP contribution in [0.4, 0.5) is 0 Å². The normalized spacial score (nSPS) is 18.4. The first-order valence-corrected chi connectivity index (χ1v) is 7.88. The van der Waals surface area contributed by atoms with E-state index >= 15 is 0 Å². The molecule has 1 aromatic heterocycles. The maximum absolute atomic E-state index is 12.0. The monoisotopic (exact) mass is 308 g/mol. The summed E-state index contributed by atoms with van der Waals surface area (Å²) in [4.78, 5) is 29.1. The predicted molar refractivity (Wildman–Crippen MR) is 82.1 cm³/mol.